The van der Waals surface area contributed by atoms with E-state index in [9.17, 15) is 0 Å². The van der Waals surface area contributed by atoms with Gasteiger partial charge in [-0.3, -0.25) is 0 Å². The van der Waals surface area contributed by atoms with Crippen LogP contribution in [-0.4, -0.2) is 21.9 Å². The SMILES string of the molecule is CCOc1cc(O)c(O)cc1CO. The van der Waals surface area contributed by atoms with E-state index in [-0.39, 0.29) is 18.1 Å². The molecule has 4 heteroatoms. The highest BCUT2D eigenvalue weighted by molar-refractivity contribution is 5.48. The molecule has 72 valence electrons. The summed E-state index contributed by atoms with van der Waals surface area (Å²) in [6.45, 7) is 2.01. The van der Waals surface area contributed by atoms with Crippen LogP contribution in [0.1, 0.15) is 12.5 Å². The lowest BCUT2D eigenvalue weighted by Gasteiger charge is -2.09. The molecule has 0 heterocycles. The molecule has 0 saturated carbocycles. The second-order valence-corrected chi connectivity index (χ2v) is 2.54. The minimum absolute atomic E-state index is 0.233. The molecule has 3 N–H and O–H groups in total. The van der Waals surface area contributed by atoms with Crippen molar-refractivity contribution in [2.75, 3.05) is 6.61 Å². The van der Waals surface area contributed by atoms with Crippen LogP contribution in [0.25, 0.3) is 0 Å². The summed E-state index contributed by atoms with van der Waals surface area (Å²) in [6.07, 6.45) is 0. The number of aliphatic hydroxyl groups excluding tert-OH is 1. The van der Waals surface area contributed by atoms with Crippen LogP contribution in [-0.2, 0) is 6.61 Å². The van der Waals surface area contributed by atoms with E-state index < -0.39 is 0 Å². The van der Waals surface area contributed by atoms with Crippen LogP contribution < -0.4 is 4.74 Å². The normalized spacial score (nSPS) is 10.0. The molecule has 0 radical (unpaired) electrons. The van der Waals surface area contributed by atoms with Gasteiger partial charge in [-0.1, -0.05) is 0 Å². The van der Waals surface area contributed by atoms with Crippen molar-refractivity contribution in [1.82, 2.24) is 0 Å². The van der Waals surface area contributed by atoms with E-state index in [4.69, 9.17) is 20.1 Å². The number of aromatic hydroxyl groups is 2. The Kier molecular flexibility index (Phi) is 2.97. The number of ether oxygens (including phenoxy) is 1. The van der Waals surface area contributed by atoms with Crippen molar-refractivity contribution in [2.24, 2.45) is 0 Å². The van der Waals surface area contributed by atoms with Gasteiger partial charge in [0.15, 0.2) is 11.5 Å². The maximum atomic E-state index is 9.14. The molecule has 1 aromatic carbocycles. The number of phenolic OH excluding ortho intramolecular Hbond substituents is 2. The number of benzene rings is 1. The van der Waals surface area contributed by atoms with Crippen LogP contribution in [0.5, 0.6) is 17.2 Å². The Morgan fingerprint density at radius 1 is 1.23 bits per heavy atom. The van der Waals surface area contributed by atoms with E-state index in [1.807, 2.05) is 0 Å². The molecule has 0 aliphatic rings. The summed E-state index contributed by atoms with van der Waals surface area (Å²) < 4.78 is 5.13. The van der Waals surface area contributed by atoms with E-state index in [0.29, 0.717) is 17.9 Å². The molecule has 0 aliphatic heterocycles. The van der Waals surface area contributed by atoms with Crippen LogP contribution in [0.3, 0.4) is 0 Å². The summed E-state index contributed by atoms with van der Waals surface area (Å²) >= 11 is 0. The molecular weight excluding hydrogens is 172 g/mol. The standard InChI is InChI=1S/C9H12O4/c1-2-13-9-4-8(12)7(11)3-6(9)5-10/h3-4,10-12H,2,5H2,1H3. The van der Waals surface area contributed by atoms with Crippen LogP contribution >= 0.6 is 0 Å². The molecule has 4 nitrogen and oxygen atoms in total. The highest BCUT2D eigenvalue weighted by atomic mass is 16.5. The Labute approximate surface area is 76.0 Å². The lowest BCUT2D eigenvalue weighted by Crippen LogP contribution is -1.96. The first-order chi connectivity index (χ1) is 6.19. The van der Waals surface area contributed by atoms with Gasteiger partial charge in [-0.05, 0) is 13.0 Å². The molecule has 0 unspecified atom stereocenters. The fraction of sp³-hybridized carbons (Fsp3) is 0.333. The van der Waals surface area contributed by atoms with E-state index in [2.05, 4.69) is 0 Å². The summed E-state index contributed by atoms with van der Waals surface area (Å²) in [6, 6.07) is 2.56. The summed E-state index contributed by atoms with van der Waals surface area (Å²) in [4.78, 5) is 0. The lowest BCUT2D eigenvalue weighted by atomic mass is 10.2. The monoisotopic (exact) mass is 184 g/mol. The second-order valence-electron chi connectivity index (χ2n) is 2.54. The molecule has 13 heavy (non-hydrogen) atoms. The summed E-state index contributed by atoms with van der Waals surface area (Å²) in [5.41, 5.74) is 0.456. The van der Waals surface area contributed by atoms with Crippen LogP contribution in [0, 0.1) is 0 Å². The number of phenols is 2. The predicted octanol–water partition coefficient (Wildman–Crippen LogP) is 0.989. The summed E-state index contributed by atoms with van der Waals surface area (Å²) in [5.74, 6) is -0.117. The van der Waals surface area contributed by atoms with Gasteiger partial charge in [-0.2, -0.15) is 0 Å². The smallest absolute Gasteiger partial charge is 0.161 e. The predicted molar refractivity (Wildman–Crippen MR) is 46.9 cm³/mol. The first-order valence-corrected chi connectivity index (χ1v) is 3.97. The van der Waals surface area contributed by atoms with Crippen molar-refractivity contribution < 1.29 is 20.1 Å². The van der Waals surface area contributed by atoms with Crippen LogP contribution in [0.2, 0.25) is 0 Å². The topological polar surface area (TPSA) is 69.9 Å². The Morgan fingerprint density at radius 3 is 2.38 bits per heavy atom. The van der Waals surface area contributed by atoms with Crippen LogP contribution in [0.4, 0.5) is 0 Å². The van der Waals surface area contributed by atoms with Gasteiger partial charge in [0.25, 0.3) is 0 Å². The highest BCUT2D eigenvalue weighted by Gasteiger charge is 2.08. The zero-order valence-electron chi connectivity index (χ0n) is 7.32. The Balaban J connectivity index is 3.09. The minimum Gasteiger partial charge on any atom is -0.504 e. The lowest BCUT2D eigenvalue weighted by molar-refractivity contribution is 0.265. The van der Waals surface area contributed by atoms with E-state index >= 15 is 0 Å². The molecule has 0 aliphatic carbocycles. The largest absolute Gasteiger partial charge is 0.504 e. The van der Waals surface area contributed by atoms with Crippen molar-refractivity contribution in [2.45, 2.75) is 13.5 Å². The summed E-state index contributed by atoms with van der Waals surface area (Å²) in [7, 11) is 0. The maximum Gasteiger partial charge on any atom is 0.161 e. The molecule has 1 aromatic rings. The molecule has 0 spiro atoms. The fourth-order valence-electron chi connectivity index (χ4n) is 1.01. The molecule has 1 rings (SSSR count). The average Bonchev–Trinajstić information content (AvgIpc) is 2.11. The van der Waals surface area contributed by atoms with E-state index in [0.717, 1.165) is 0 Å². The van der Waals surface area contributed by atoms with Gasteiger partial charge in [0, 0.05) is 11.6 Å². The quantitative estimate of drug-likeness (QED) is 0.612. The molecule has 0 aromatic heterocycles. The molecule has 0 saturated heterocycles. The van der Waals surface area contributed by atoms with E-state index in [1.54, 1.807) is 6.92 Å². The zero-order valence-corrected chi connectivity index (χ0v) is 7.32. The third-order valence-electron chi connectivity index (χ3n) is 1.63. The van der Waals surface area contributed by atoms with Crippen molar-refractivity contribution in [1.29, 1.82) is 0 Å². The maximum absolute atomic E-state index is 9.14. The number of hydrogen-bond donors (Lipinski definition) is 3. The van der Waals surface area contributed by atoms with Gasteiger partial charge in [0.05, 0.1) is 13.2 Å². The average molecular weight is 184 g/mol. The minimum atomic E-state index is -0.257. The number of aliphatic hydroxyl groups is 1. The Bertz CT molecular complexity index is 296. The van der Waals surface area contributed by atoms with Gasteiger partial charge in [0.2, 0.25) is 0 Å². The van der Waals surface area contributed by atoms with Crippen LogP contribution in [0.15, 0.2) is 12.1 Å². The van der Waals surface area contributed by atoms with Crippen molar-refractivity contribution in [3.8, 4) is 17.2 Å². The van der Waals surface area contributed by atoms with Crippen molar-refractivity contribution >= 4 is 0 Å². The van der Waals surface area contributed by atoms with Crippen molar-refractivity contribution in [3.05, 3.63) is 17.7 Å². The first kappa shape index (κ1) is 9.67. The van der Waals surface area contributed by atoms with Gasteiger partial charge >= 0.3 is 0 Å². The van der Waals surface area contributed by atoms with Crippen molar-refractivity contribution in [3.63, 3.8) is 0 Å². The number of hydrogen-bond acceptors (Lipinski definition) is 4. The van der Waals surface area contributed by atoms with Gasteiger partial charge < -0.3 is 20.1 Å². The third-order valence-corrected chi connectivity index (χ3v) is 1.63. The number of rotatable bonds is 3. The Hall–Kier alpha value is -1.42. The molecule has 0 bridgehead atoms. The fourth-order valence-corrected chi connectivity index (χ4v) is 1.01. The highest BCUT2D eigenvalue weighted by Crippen LogP contribution is 2.32. The molecule has 0 fully saturated rings. The van der Waals surface area contributed by atoms with E-state index in [1.165, 1.54) is 12.1 Å². The van der Waals surface area contributed by atoms with Gasteiger partial charge in [0.1, 0.15) is 5.75 Å². The molecular formula is C9H12O4. The second kappa shape index (κ2) is 4.00. The Morgan fingerprint density at radius 2 is 1.85 bits per heavy atom. The first-order valence-electron chi connectivity index (χ1n) is 3.97. The zero-order chi connectivity index (χ0) is 9.84. The third kappa shape index (κ3) is 2.03. The van der Waals surface area contributed by atoms with Gasteiger partial charge in [-0.25, -0.2) is 0 Å². The van der Waals surface area contributed by atoms with Gasteiger partial charge in [-0.15, -0.1) is 0 Å². The summed E-state index contributed by atoms with van der Waals surface area (Å²) in [5, 5.41) is 27.1. The molecule has 0 atom stereocenters. The molecule has 0 amide bonds.